The van der Waals surface area contributed by atoms with Gasteiger partial charge >= 0.3 is 0 Å². The van der Waals surface area contributed by atoms with Crippen molar-refractivity contribution in [2.75, 3.05) is 20.2 Å². The predicted octanol–water partition coefficient (Wildman–Crippen LogP) is 2.96. The highest BCUT2D eigenvalue weighted by Crippen LogP contribution is 2.23. The summed E-state index contributed by atoms with van der Waals surface area (Å²) in [6.07, 6.45) is 1.04. The Kier molecular flexibility index (Phi) is 5.82. The van der Waals surface area contributed by atoms with Gasteiger partial charge in [-0.3, -0.25) is 0 Å². The molecule has 0 amide bonds. The van der Waals surface area contributed by atoms with Crippen molar-refractivity contribution in [3.63, 3.8) is 0 Å². The van der Waals surface area contributed by atoms with E-state index in [1.807, 2.05) is 0 Å². The molecule has 1 aromatic heterocycles. The normalized spacial score (nSPS) is 13.4. The van der Waals surface area contributed by atoms with Crippen molar-refractivity contribution >= 4 is 27.3 Å². The standard InChI is InChI=1S/C11H18BrNOS/c1-3-9(8-14)6-13(2)7-10-4-5-11(12)15-10/h4-5,9,14H,3,6-8H2,1-2H3. The minimum absolute atomic E-state index is 0.287. The highest BCUT2D eigenvalue weighted by molar-refractivity contribution is 9.11. The van der Waals surface area contributed by atoms with Crippen LogP contribution in [0.15, 0.2) is 15.9 Å². The summed E-state index contributed by atoms with van der Waals surface area (Å²) < 4.78 is 1.18. The monoisotopic (exact) mass is 291 g/mol. The van der Waals surface area contributed by atoms with Gasteiger partial charge in [0.15, 0.2) is 0 Å². The molecule has 1 heterocycles. The minimum Gasteiger partial charge on any atom is -0.396 e. The fourth-order valence-electron chi connectivity index (χ4n) is 1.52. The molecule has 2 nitrogen and oxygen atoms in total. The van der Waals surface area contributed by atoms with E-state index in [4.69, 9.17) is 5.11 Å². The van der Waals surface area contributed by atoms with Gasteiger partial charge in [0.2, 0.25) is 0 Å². The summed E-state index contributed by atoms with van der Waals surface area (Å²) in [5.74, 6) is 0.401. The van der Waals surface area contributed by atoms with Crippen molar-refractivity contribution in [1.29, 1.82) is 0 Å². The summed E-state index contributed by atoms with van der Waals surface area (Å²) in [6, 6.07) is 4.22. The van der Waals surface area contributed by atoms with E-state index in [1.165, 1.54) is 8.66 Å². The van der Waals surface area contributed by atoms with Crippen molar-refractivity contribution in [1.82, 2.24) is 4.90 Å². The predicted molar refractivity (Wildman–Crippen MR) is 69.2 cm³/mol. The molecule has 15 heavy (non-hydrogen) atoms. The van der Waals surface area contributed by atoms with Crippen LogP contribution in [0.1, 0.15) is 18.2 Å². The number of aliphatic hydroxyl groups is 1. The lowest BCUT2D eigenvalue weighted by molar-refractivity contribution is 0.174. The number of nitrogens with zero attached hydrogens (tertiary/aromatic N) is 1. The molecule has 0 fully saturated rings. The van der Waals surface area contributed by atoms with Crippen LogP contribution >= 0.6 is 27.3 Å². The number of thiophene rings is 1. The van der Waals surface area contributed by atoms with Gasteiger partial charge in [-0.2, -0.15) is 0 Å². The van der Waals surface area contributed by atoms with Gasteiger partial charge in [0.05, 0.1) is 3.79 Å². The molecule has 0 aliphatic carbocycles. The highest BCUT2D eigenvalue weighted by atomic mass is 79.9. The van der Waals surface area contributed by atoms with Gasteiger partial charge < -0.3 is 10.0 Å². The Bertz CT molecular complexity index is 286. The Balaban J connectivity index is 2.38. The third kappa shape index (κ3) is 4.64. The summed E-state index contributed by atoms with van der Waals surface area (Å²) in [5, 5.41) is 9.11. The van der Waals surface area contributed by atoms with E-state index in [-0.39, 0.29) is 6.61 Å². The molecule has 0 saturated heterocycles. The summed E-state index contributed by atoms with van der Waals surface area (Å²) >= 11 is 5.23. The zero-order valence-corrected chi connectivity index (χ0v) is 11.6. The number of aliphatic hydroxyl groups excluding tert-OH is 1. The maximum atomic E-state index is 9.11. The zero-order valence-electron chi connectivity index (χ0n) is 9.24. The van der Waals surface area contributed by atoms with E-state index in [2.05, 4.69) is 46.9 Å². The molecule has 0 radical (unpaired) electrons. The Morgan fingerprint density at radius 1 is 1.53 bits per heavy atom. The molecule has 4 heteroatoms. The van der Waals surface area contributed by atoms with Crippen molar-refractivity contribution in [3.05, 3.63) is 20.8 Å². The molecule has 1 N–H and O–H groups in total. The second kappa shape index (κ2) is 6.63. The van der Waals surface area contributed by atoms with Crippen LogP contribution in [0, 0.1) is 5.92 Å². The molecule has 0 spiro atoms. The first kappa shape index (κ1) is 13.2. The average Bonchev–Trinajstić information content (AvgIpc) is 2.60. The molecule has 0 bridgehead atoms. The second-order valence-corrected chi connectivity index (χ2v) is 6.41. The first-order valence-corrected chi connectivity index (χ1v) is 6.80. The van der Waals surface area contributed by atoms with Crippen LogP contribution in [0.3, 0.4) is 0 Å². The van der Waals surface area contributed by atoms with Gasteiger partial charge in [-0.25, -0.2) is 0 Å². The molecule has 0 aliphatic heterocycles. The summed E-state index contributed by atoms with van der Waals surface area (Å²) in [5.41, 5.74) is 0. The lowest BCUT2D eigenvalue weighted by Gasteiger charge is -2.20. The second-order valence-electron chi connectivity index (χ2n) is 3.86. The van der Waals surface area contributed by atoms with Gasteiger partial charge in [0.25, 0.3) is 0 Å². The number of halogens is 1. The maximum absolute atomic E-state index is 9.11. The fraction of sp³-hybridized carbons (Fsp3) is 0.636. The molecule has 1 aromatic rings. The van der Waals surface area contributed by atoms with Crippen LogP contribution in [-0.4, -0.2) is 30.2 Å². The smallest absolute Gasteiger partial charge is 0.0701 e. The lowest BCUT2D eigenvalue weighted by atomic mass is 10.1. The van der Waals surface area contributed by atoms with E-state index < -0.39 is 0 Å². The van der Waals surface area contributed by atoms with E-state index in [1.54, 1.807) is 11.3 Å². The van der Waals surface area contributed by atoms with Crippen LogP contribution in [0.5, 0.6) is 0 Å². The van der Waals surface area contributed by atoms with Crippen molar-refractivity contribution in [3.8, 4) is 0 Å². The highest BCUT2D eigenvalue weighted by Gasteiger charge is 2.09. The van der Waals surface area contributed by atoms with Crippen molar-refractivity contribution < 1.29 is 5.11 Å². The molecule has 0 aliphatic rings. The third-order valence-corrected chi connectivity index (χ3v) is 4.07. The average molecular weight is 292 g/mol. The van der Waals surface area contributed by atoms with Gasteiger partial charge in [-0.1, -0.05) is 6.92 Å². The largest absolute Gasteiger partial charge is 0.396 e. The number of rotatable bonds is 6. The van der Waals surface area contributed by atoms with Crippen LogP contribution < -0.4 is 0 Å². The topological polar surface area (TPSA) is 23.5 Å². The quantitative estimate of drug-likeness (QED) is 0.871. The number of hydrogen-bond donors (Lipinski definition) is 1. The summed E-state index contributed by atoms with van der Waals surface area (Å²) in [4.78, 5) is 3.63. The Morgan fingerprint density at radius 2 is 2.27 bits per heavy atom. The minimum atomic E-state index is 0.287. The van der Waals surface area contributed by atoms with Gasteiger partial charge in [-0.05, 0) is 47.4 Å². The SMILES string of the molecule is CCC(CO)CN(C)Cc1ccc(Br)s1. The van der Waals surface area contributed by atoms with Gasteiger partial charge in [-0.15, -0.1) is 11.3 Å². The van der Waals surface area contributed by atoms with Crippen LogP contribution in [0.25, 0.3) is 0 Å². The number of hydrogen-bond acceptors (Lipinski definition) is 3. The van der Waals surface area contributed by atoms with E-state index in [0.29, 0.717) is 5.92 Å². The Hall–Kier alpha value is 0.1000. The summed E-state index contributed by atoms with van der Waals surface area (Å²) in [7, 11) is 2.10. The summed E-state index contributed by atoms with van der Waals surface area (Å²) in [6.45, 7) is 4.33. The first-order valence-electron chi connectivity index (χ1n) is 5.19. The molecule has 1 unspecified atom stereocenters. The van der Waals surface area contributed by atoms with Gasteiger partial charge in [0, 0.05) is 24.6 Å². The van der Waals surface area contributed by atoms with E-state index >= 15 is 0 Å². The Morgan fingerprint density at radius 3 is 2.73 bits per heavy atom. The molecule has 1 atom stereocenters. The Labute approximate surface area is 104 Å². The molecule has 0 aromatic carbocycles. The van der Waals surface area contributed by atoms with Gasteiger partial charge in [0.1, 0.15) is 0 Å². The lowest BCUT2D eigenvalue weighted by Crippen LogP contribution is -2.26. The van der Waals surface area contributed by atoms with Crippen LogP contribution in [0.2, 0.25) is 0 Å². The van der Waals surface area contributed by atoms with Crippen LogP contribution in [-0.2, 0) is 6.54 Å². The third-order valence-electron chi connectivity index (χ3n) is 2.46. The van der Waals surface area contributed by atoms with E-state index in [0.717, 1.165) is 19.5 Å². The molecular formula is C11H18BrNOS. The van der Waals surface area contributed by atoms with Crippen molar-refractivity contribution in [2.24, 2.45) is 5.92 Å². The fourth-order valence-corrected chi connectivity index (χ4v) is 3.09. The zero-order chi connectivity index (χ0) is 11.3. The molecular weight excluding hydrogens is 274 g/mol. The van der Waals surface area contributed by atoms with Crippen LogP contribution in [0.4, 0.5) is 0 Å². The maximum Gasteiger partial charge on any atom is 0.0701 e. The molecule has 1 rings (SSSR count). The van der Waals surface area contributed by atoms with Crippen molar-refractivity contribution in [2.45, 2.75) is 19.9 Å². The first-order chi connectivity index (χ1) is 7.15. The molecule has 86 valence electrons. The van der Waals surface area contributed by atoms with E-state index in [9.17, 15) is 0 Å². The molecule has 0 saturated carbocycles.